The molecular formula is C24H48O2. The fraction of sp³-hybridized carbons (Fsp3) is 0.958. The van der Waals surface area contributed by atoms with Crippen LogP contribution in [0.25, 0.3) is 0 Å². The Hall–Kier alpha value is -0.530. The van der Waals surface area contributed by atoms with Crippen molar-refractivity contribution in [3.8, 4) is 0 Å². The summed E-state index contributed by atoms with van der Waals surface area (Å²) in [6.07, 6.45) is 22.1. The number of carboxylic acid groups (broad SMARTS) is 1. The van der Waals surface area contributed by atoms with E-state index >= 15 is 0 Å². The van der Waals surface area contributed by atoms with Crippen LogP contribution in [0, 0.1) is 11.3 Å². The summed E-state index contributed by atoms with van der Waals surface area (Å²) >= 11 is 0. The SMILES string of the molecule is C[C@H](CCCCCCCCCCCCCCCCC(C)(C)C)CC(=O)O. The summed E-state index contributed by atoms with van der Waals surface area (Å²) in [5.41, 5.74) is 0.513. The summed E-state index contributed by atoms with van der Waals surface area (Å²) in [6, 6.07) is 0. The van der Waals surface area contributed by atoms with E-state index in [0.29, 0.717) is 17.8 Å². The van der Waals surface area contributed by atoms with Crippen molar-refractivity contribution in [3.63, 3.8) is 0 Å². The zero-order valence-corrected chi connectivity index (χ0v) is 18.5. The predicted octanol–water partition coefficient (Wildman–Crippen LogP) is 8.38. The summed E-state index contributed by atoms with van der Waals surface area (Å²) in [5.74, 6) is -0.316. The molecule has 0 aliphatic heterocycles. The first-order chi connectivity index (χ1) is 12.3. The predicted molar refractivity (Wildman–Crippen MR) is 115 cm³/mol. The van der Waals surface area contributed by atoms with E-state index in [1.165, 1.54) is 96.3 Å². The molecule has 26 heavy (non-hydrogen) atoms. The highest BCUT2D eigenvalue weighted by Gasteiger charge is 2.08. The van der Waals surface area contributed by atoms with Crippen molar-refractivity contribution in [2.24, 2.45) is 11.3 Å². The zero-order chi connectivity index (χ0) is 19.7. The lowest BCUT2D eigenvalue weighted by Gasteiger charge is -2.17. The Kier molecular flexibility index (Phi) is 16.3. The lowest BCUT2D eigenvalue weighted by Crippen LogP contribution is -2.03. The molecule has 0 unspecified atom stereocenters. The van der Waals surface area contributed by atoms with Gasteiger partial charge in [0.2, 0.25) is 0 Å². The maximum absolute atomic E-state index is 10.6. The quantitative estimate of drug-likeness (QED) is 0.247. The highest BCUT2D eigenvalue weighted by Crippen LogP contribution is 2.22. The van der Waals surface area contributed by atoms with Gasteiger partial charge in [-0.25, -0.2) is 0 Å². The van der Waals surface area contributed by atoms with E-state index in [1.54, 1.807) is 0 Å². The van der Waals surface area contributed by atoms with E-state index in [1.807, 2.05) is 0 Å². The Labute approximate surface area is 164 Å². The van der Waals surface area contributed by atoms with Crippen molar-refractivity contribution in [2.75, 3.05) is 0 Å². The van der Waals surface area contributed by atoms with Gasteiger partial charge in [-0.15, -0.1) is 0 Å². The molecular weight excluding hydrogens is 320 g/mol. The smallest absolute Gasteiger partial charge is 0.303 e. The summed E-state index contributed by atoms with van der Waals surface area (Å²) in [6.45, 7) is 9.09. The molecule has 2 heteroatoms. The number of hydrogen-bond donors (Lipinski definition) is 1. The Morgan fingerprint density at radius 2 is 1.04 bits per heavy atom. The fourth-order valence-corrected chi connectivity index (χ4v) is 3.67. The molecule has 0 radical (unpaired) electrons. The second kappa shape index (κ2) is 16.6. The molecule has 156 valence electrons. The molecule has 0 spiro atoms. The molecule has 0 bridgehead atoms. The Bertz CT molecular complexity index is 317. The molecule has 0 aliphatic carbocycles. The van der Waals surface area contributed by atoms with E-state index < -0.39 is 5.97 Å². The van der Waals surface area contributed by atoms with Crippen LogP contribution in [0.5, 0.6) is 0 Å². The van der Waals surface area contributed by atoms with Crippen LogP contribution in [0.1, 0.15) is 137 Å². The summed E-state index contributed by atoms with van der Waals surface area (Å²) in [5, 5.41) is 8.74. The molecule has 0 fully saturated rings. The van der Waals surface area contributed by atoms with E-state index in [0.717, 1.165) is 6.42 Å². The topological polar surface area (TPSA) is 37.3 Å². The molecule has 0 rings (SSSR count). The number of hydrogen-bond acceptors (Lipinski definition) is 1. The van der Waals surface area contributed by atoms with Crippen molar-refractivity contribution in [3.05, 3.63) is 0 Å². The van der Waals surface area contributed by atoms with Gasteiger partial charge in [0.05, 0.1) is 0 Å². The lowest BCUT2D eigenvalue weighted by atomic mass is 9.89. The molecule has 0 heterocycles. The standard InChI is InChI=1S/C24H48O2/c1-22(21-23(25)26)19-17-15-13-11-9-7-5-6-8-10-12-14-16-18-20-24(2,3)4/h22H,5-21H2,1-4H3,(H,25,26)/t22-/m1/s1. The third-order valence-corrected chi connectivity index (χ3v) is 5.40. The monoisotopic (exact) mass is 368 g/mol. The Morgan fingerprint density at radius 1 is 0.692 bits per heavy atom. The molecule has 1 atom stereocenters. The van der Waals surface area contributed by atoms with Crippen LogP contribution in [-0.4, -0.2) is 11.1 Å². The molecule has 0 saturated carbocycles. The van der Waals surface area contributed by atoms with Crippen LogP contribution in [0.4, 0.5) is 0 Å². The minimum atomic E-state index is -0.655. The van der Waals surface area contributed by atoms with Gasteiger partial charge in [-0.1, -0.05) is 124 Å². The number of carbonyl (C=O) groups is 1. The van der Waals surface area contributed by atoms with Crippen LogP contribution < -0.4 is 0 Å². The van der Waals surface area contributed by atoms with Crippen molar-refractivity contribution < 1.29 is 9.90 Å². The van der Waals surface area contributed by atoms with Crippen LogP contribution in [-0.2, 0) is 4.79 Å². The molecule has 1 N–H and O–H groups in total. The third kappa shape index (κ3) is 21.5. The minimum absolute atomic E-state index is 0.330. The van der Waals surface area contributed by atoms with E-state index in [2.05, 4.69) is 27.7 Å². The van der Waals surface area contributed by atoms with Gasteiger partial charge < -0.3 is 5.11 Å². The number of aliphatic carboxylic acids is 1. The number of rotatable bonds is 18. The molecule has 2 nitrogen and oxygen atoms in total. The maximum atomic E-state index is 10.6. The normalized spacial score (nSPS) is 13.1. The molecule has 0 aliphatic rings. The first-order valence-electron chi connectivity index (χ1n) is 11.5. The second-order valence-corrected chi connectivity index (χ2v) is 9.75. The van der Waals surface area contributed by atoms with E-state index in [9.17, 15) is 4.79 Å². The van der Waals surface area contributed by atoms with Crippen LogP contribution in [0.3, 0.4) is 0 Å². The van der Waals surface area contributed by atoms with Gasteiger partial charge in [0.15, 0.2) is 0 Å². The molecule has 0 aromatic heterocycles. The lowest BCUT2D eigenvalue weighted by molar-refractivity contribution is -0.138. The maximum Gasteiger partial charge on any atom is 0.303 e. The highest BCUT2D eigenvalue weighted by atomic mass is 16.4. The minimum Gasteiger partial charge on any atom is -0.481 e. The second-order valence-electron chi connectivity index (χ2n) is 9.75. The van der Waals surface area contributed by atoms with Crippen molar-refractivity contribution >= 4 is 5.97 Å². The highest BCUT2D eigenvalue weighted by molar-refractivity contribution is 5.66. The molecule has 0 aromatic rings. The zero-order valence-electron chi connectivity index (χ0n) is 18.5. The fourth-order valence-electron chi connectivity index (χ4n) is 3.67. The van der Waals surface area contributed by atoms with Gasteiger partial charge in [0.1, 0.15) is 0 Å². The van der Waals surface area contributed by atoms with Gasteiger partial charge in [-0.05, 0) is 17.8 Å². The largest absolute Gasteiger partial charge is 0.481 e. The Morgan fingerprint density at radius 3 is 1.38 bits per heavy atom. The van der Waals surface area contributed by atoms with Crippen LogP contribution in [0.2, 0.25) is 0 Å². The van der Waals surface area contributed by atoms with Gasteiger partial charge in [0, 0.05) is 6.42 Å². The van der Waals surface area contributed by atoms with Crippen LogP contribution >= 0.6 is 0 Å². The van der Waals surface area contributed by atoms with Gasteiger partial charge in [-0.2, -0.15) is 0 Å². The van der Waals surface area contributed by atoms with Crippen molar-refractivity contribution in [1.82, 2.24) is 0 Å². The first-order valence-corrected chi connectivity index (χ1v) is 11.5. The van der Waals surface area contributed by atoms with Gasteiger partial charge >= 0.3 is 5.97 Å². The first kappa shape index (κ1) is 25.5. The van der Waals surface area contributed by atoms with Crippen molar-refractivity contribution in [2.45, 2.75) is 137 Å². The number of unbranched alkanes of at least 4 members (excludes halogenated alkanes) is 13. The average Bonchev–Trinajstić information content (AvgIpc) is 2.52. The van der Waals surface area contributed by atoms with Gasteiger partial charge in [-0.3, -0.25) is 4.79 Å². The van der Waals surface area contributed by atoms with Gasteiger partial charge in [0.25, 0.3) is 0 Å². The summed E-state index contributed by atoms with van der Waals surface area (Å²) in [7, 11) is 0. The molecule has 0 aromatic carbocycles. The summed E-state index contributed by atoms with van der Waals surface area (Å²) < 4.78 is 0. The molecule has 0 saturated heterocycles. The van der Waals surface area contributed by atoms with E-state index in [-0.39, 0.29) is 0 Å². The number of carboxylic acids is 1. The molecule has 0 amide bonds. The average molecular weight is 369 g/mol. The van der Waals surface area contributed by atoms with Crippen molar-refractivity contribution in [1.29, 1.82) is 0 Å². The Balaban J connectivity index is 3.12. The van der Waals surface area contributed by atoms with E-state index in [4.69, 9.17) is 5.11 Å². The third-order valence-electron chi connectivity index (χ3n) is 5.40. The summed E-state index contributed by atoms with van der Waals surface area (Å²) in [4.78, 5) is 10.6. The van der Waals surface area contributed by atoms with Crippen LogP contribution in [0.15, 0.2) is 0 Å².